The number of fused-ring (bicyclic) bond motifs is 1. The number of rotatable bonds is 1. The van der Waals surface area contributed by atoms with Crippen molar-refractivity contribution < 1.29 is 0 Å². The minimum absolute atomic E-state index is 0.191. The van der Waals surface area contributed by atoms with E-state index < -0.39 is 0 Å². The Labute approximate surface area is 105 Å². The van der Waals surface area contributed by atoms with Gasteiger partial charge in [0, 0.05) is 19.6 Å². The zero-order chi connectivity index (χ0) is 12.6. The van der Waals surface area contributed by atoms with Crippen LogP contribution in [0.15, 0.2) is 18.2 Å². The minimum Gasteiger partial charge on any atom is -0.381 e. The summed E-state index contributed by atoms with van der Waals surface area (Å²) in [7, 11) is 2.23. The van der Waals surface area contributed by atoms with Gasteiger partial charge in [0.25, 0.3) is 0 Å². The fourth-order valence-electron chi connectivity index (χ4n) is 2.64. The van der Waals surface area contributed by atoms with Gasteiger partial charge in [-0.2, -0.15) is 0 Å². The molecule has 2 heteroatoms. The summed E-state index contributed by atoms with van der Waals surface area (Å²) in [5, 5.41) is 3.56. The second-order valence-electron chi connectivity index (χ2n) is 6.01. The van der Waals surface area contributed by atoms with Crippen LogP contribution in [0.5, 0.6) is 0 Å². The molecule has 0 aromatic heterocycles. The number of benzene rings is 1. The molecule has 1 atom stereocenters. The highest BCUT2D eigenvalue weighted by Gasteiger charge is 2.28. The van der Waals surface area contributed by atoms with Crippen LogP contribution < -0.4 is 10.2 Å². The Bertz CT molecular complexity index is 404. The van der Waals surface area contributed by atoms with Gasteiger partial charge in [-0.1, -0.05) is 39.8 Å². The first-order valence-corrected chi connectivity index (χ1v) is 6.55. The number of likely N-dealkylation sites (N-methyl/N-ethyl adjacent to an activating group) is 1. The van der Waals surface area contributed by atoms with Gasteiger partial charge in [-0.05, 0) is 23.5 Å². The molecule has 1 aromatic rings. The Morgan fingerprint density at radius 3 is 2.65 bits per heavy atom. The lowest BCUT2D eigenvalue weighted by molar-refractivity contribution is 0.571. The molecule has 1 aromatic carbocycles. The molecule has 0 amide bonds. The van der Waals surface area contributed by atoms with E-state index in [-0.39, 0.29) is 5.41 Å². The molecule has 0 aliphatic carbocycles. The molecule has 0 bridgehead atoms. The molecular formula is C15H24N2. The highest BCUT2D eigenvalue weighted by atomic mass is 15.2. The highest BCUT2D eigenvalue weighted by Crippen LogP contribution is 2.40. The van der Waals surface area contributed by atoms with E-state index in [1.165, 1.54) is 23.4 Å². The van der Waals surface area contributed by atoms with Crippen molar-refractivity contribution in [2.45, 2.75) is 45.6 Å². The van der Waals surface area contributed by atoms with Crippen LogP contribution in [0.25, 0.3) is 0 Å². The molecule has 0 fully saturated rings. The van der Waals surface area contributed by atoms with Crippen molar-refractivity contribution in [1.29, 1.82) is 0 Å². The maximum Gasteiger partial charge on any atom is 0.0640 e. The third kappa shape index (κ3) is 2.13. The standard InChI is InChI=1S/C15H24N2/c1-6-11-10-16-13-9-7-8-12(15(2,3)4)14(13)17(11)5/h7-9,11,16H,6,10H2,1-5H3. The van der Waals surface area contributed by atoms with Crippen molar-refractivity contribution in [3.05, 3.63) is 23.8 Å². The van der Waals surface area contributed by atoms with Crippen LogP contribution in [-0.4, -0.2) is 19.6 Å². The van der Waals surface area contributed by atoms with E-state index >= 15 is 0 Å². The smallest absolute Gasteiger partial charge is 0.0640 e. The predicted octanol–water partition coefficient (Wildman–Crippen LogP) is 3.62. The van der Waals surface area contributed by atoms with Crippen LogP contribution in [0.1, 0.15) is 39.7 Å². The number of nitrogens with one attached hydrogen (secondary N) is 1. The van der Waals surface area contributed by atoms with Gasteiger partial charge in [0.1, 0.15) is 0 Å². The van der Waals surface area contributed by atoms with Gasteiger partial charge in [-0.3, -0.25) is 0 Å². The van der Waals surface area contributed by atoms with Gasteiger partial charge in [0.15, 0.2) is 0 Å². The first-order chi connectivity index (χ1) is 7.95. The summed E-state index contributed by atoms with van der Waals surface area (Å²) in [6.07, 6.45) is 1.18. The monoisotopic (exact) mass is 232 g/mol. The molecule has 1 aliphatic rings. The summed E-state index contributed by atoms with van der Waals surface area (Å²) in [4.78, 5) is 2.45. The molecule has 17 heavy (non-hydrogen) atoms. The Kier molecular flexibility index (Phi) is 3.07. The fourth-order valence-corrected chi connectivity index (χ4v) is 2.64. The van der Waals surface area contributed by atoms with E-state index in [4.69, 9.17) is 0 Å². The van der Waals surface area contributed by atoms with Crippen molar-refractivity contribution in [3.8, 4) is 0 Å². The first kappa shape index (κ1) is 12.3. The van der Waals surface area contributed by atoms with E-state index in [1.807, 2.05) is 0 Å². The van der Waals surface area contributed by atoms with E-state index in [0.717, 1.165) is 6.54 Å². The van der Waals surface area contributed by atoms with Crippen LogP contribution >= 0.6 is 0 Å². The zero-order valence-electron chi connectivity index (χ0n) is 11.7. The molecule has 0 radical (unpaired) electrons. The average molecular weight is 232 g/mol. The summed E-state index contributed by atoms with van der Waals surface area (Å²) in [5.74, 6) is 0. The van der Waals surface area contributed by atoms with E-state index in [9.17, 15) is 0 Å². The SMILES string of the molecule is CCC1CNc2cccc(C(C)(C)C)c2N1C. The van der Waals surface area contributed by atoms with Crippen LogP contribution in [-0.2, 0) is 5.41 Å². The van der Waals surface area contributed by atoms with Crippen molar-refractivity contribution >= 4 is 11.4 Å². The fraction of sp³-hybridized carbons (Fsp3) is 0.600. The van der Waals surface area contributed by atoms with Crippen LogP contribution in [0.2, 0.25) is 0 Å². The Hall–Kier alpha value is -1.18. The molecular weight excluding hydrogens is 208 g/mol. The number of hydrogen-bond donors (Lipinski definition) is 1. The molecule has 2 rings (SSSR count). The third-order valence-electron chi connectivity index (χ3n) is 3.74. The normalized spacial score (nSPS) is 19.8. The molecule has 1 N–H and O–H groups in total. The number of anilines is 2. The second kappa shape index (κ2) is 4.25. The lowest BCUT2D eigenvalue weighted by atomic mass is 9.84. The molecule has 1 aliphatic heterocycles. The van der Waals surface area contributed by atoms with E-state index in [0.29, 0.717) is 6.04 Å². The lowest BCUT2D eigenvalue weighted by Gasteiger charge is -2.40. The zero-order valence-corrected chi connectivity index (χ0v) is 11.7. The summed E-state index contributed by atoms with van der Waals surface area (Å²) in [6, 6.07) is 7.21. The summed E-state index contributed by atoms with van der Waals surface area (Å²) >= 11 is 0. The molecule has 94 valence electrons. The van der Waals surface area contributed by atoms with Gasteiger partial charge >= 0.3 is 0 Å². The largest absolute Gasteiger partial charge is 0.381 e. The summed E-state index contributed by atoms with van der Waals surface area (Å²) in [6.45, 7) is 10.2. The third-order valence-corrected chi connectivity index (χ3v) is 3.74. The molecule has 1 unspecified atom stereocenters. The Morgan fingerprint density at radius 1 is 1.35 bits per heavy atom. The average Bonchev–Trinajstić information content (AvgIpc) is 2.28. The highest BCUT2D eigenvalue weighted by molar-refractivity contribution is 5.77. The van der Waals surface area contributed by atoms with E-state index in [2.05, 4.69) is 63.2 Å². The topological polar surface area (TPSA) is 15.3 Å². The molecule has 0 saturated carbocycles. The van der Waals surface area contributed by atoms with Crippen molar-refractivity contribution in [3.63, 3.8) is 0 Å². The quantitative estimate of drug-likeness (QED) is 0.795. The molecule has 2 nitrogen and oxygen atoms in total. The van der Waals surface area contributed by atoms with Gasteiger partial charge in [-0.25, -0.2) is 0 Å². The van der Waals surface area contributed by atoms with Crippen LogP contribution in [0, 0.1) is 0 Å². The maximum atomic E-state index is 3.56. The van der Waals surface area contributed by atoms with Gasteiger partial charge in [0.05, 0.1) is 11.4 Å². The number of para-hydroxylation sites is 1. The van der Waals surface area contributed by atoms with Crippen molar-refractivity contribution in [2.75, 3.05) is 23.8 Å². The molecule has 1 heterocycles. The Balaban J connectivity index is 2.52. The van der Waals surface area contributed by atoms with Crippen molar-refractivity contribution in [1.82, 2.24) is 0 Å². The van der Waals surface area contributed by atoms with Gasteiger partial charge in [0.2, 0.25) is 0 Å². The predicted molar refractivity (Wildman–Crippen MR) is 76.1 cm³/mol. The van der Waals surface area contributed by atoms with E-state index in [1.54, 1.807) is 0 Å². The molecule has 0 saturated heterocycles. The van der Waals surface area contributed by atoms with Gasteiger partial charge in [-0.15, -0.1) is 0 Å². The second-order valence-corrected chi connectivity index (χ2v) is 6.01. The van der Waals surface area contributed by atoms with Crippen LogP contribution in [0.3, 0.4) is 0 Å². The lowest BCUT2D eigenvalue weighted by Crippen LogP contribution is -2.42. The molecule has 0 spiro atoms. The van der Waals surface area contributed by atoms with Crippen molar-refractivity contribution in [2.24, 2.45) is 0 Å². The number of nitrogens with zero attached hydrogens (tertiary/aromatic N) is 1. The summed E-state index contributed by atoms with van der Waals surface area (Å²) < 4.78 is 0. The first-order valence-electron chi connectivity index (χ1n) is 6.55. The van der Waals surface area contributed by atoms with Gasteiger partial charge < -0.3 is 10.2 Å². The minimum atomic E-state index is 0.191. The maximum absolute atomic E-state index is 3.56. The summed E-state index contributed by atoms with van der Waals surface area (Å²) in [5.41, 5.74) is 4.29. The van der Waals surface area contributed by atoms with Crippen LogP contribution in [0.4, 0.5) is 11.4 Å². The number of hydrogen-bond acceptors (Lipinski definition) is 2. The Morgan fingerprint density at radius 2 is 2.06 bits per heavy atom.